The molecule has 1 saturated heterocycles. The molecule has 1 fully saturated rings. The first-order valence-corrected chi connectivity index (χ1v) is 12.5. The van der Waals surface area contributed by atoms with Crippen molar-refractivity contribution in [1.82, 2.24) is 24.9 Å². The second-order valence-electron chi connectivity index (χ2n) is 9.28. The summed E-state index contributed by atoms with van der Waals surface area (Å²) in [6.45, 7) is 8.45. The monoisotopic (exact) mass is 486 g/mol. The Balaban J connectivity index is 1.75. The van der Waals surface area contributed by atoms with Crippen molar-refractivity contribution in [1.29, 1.82) is 0 Å². The molecular formula is C25H38N6O4. The van der Waals surface area contributed by atoms with Gasteiger partial charge in [-0.3, -0.25) is 4.79 Å². The van der Waals surface area contributed by atoms with Gasteiger partial charge >= 0.3 is 12.1 Å². The summed E-state index contributed by atoms with van der Waals surface area (Å²) in [7, 11) is 3.49. The number of pyridine rings is 1. The van der Waals surface area contributed by atoms with E-state index in [1.54, 1.807) is 23.7 Å². The smallest absolute Gasteiger partial charge is 0.409 e. The van der Waals surface area contributed by atoms with E-state index in [-0.39, 0.29) is 18.6 Å². The molecule has 0 bridgehead atoms. The van der Waals surface area contributed by atoms with Crippen molar-refractivity contribution in [3.8, 4) is 11.4 Å². The fourth-order valence-electron chi connectivity index (χ4n) is 4.67. The van der Waals surface area contributed by atoms with Crippen LogP contribution in [0, 0.1) is 11.8 Å². The zero-order chi connectivity index (χ0) is 25.5. The lowest BCUT2D eigenvalue weighted by molar-refractivity contribution is -0.142. The number of hydrogen-bond acceptors (Lipinski definition) is 7. The van der Waals surface area contributed by atoms with Gasteiger partial charge in [0.1, 0.15) is 18.0 Å². The maximum atomic E-state index is 12.2. The van der Waals surface area contributed by atoms with Crippen LogP contribution in [0.25, 0.3) is 11.4 Å². The van der Waals surface area contributed by atoms with Gasteiger partial charge in [-0.15, -0.1) is 5.10 Å². The largest absolute Gasteiger partial charge is 0.481 e. The summed E-state index contributed by atoms with van der Waals surface area (Å²) in [5.41, 5.74) is 4.03. The molecule has 3 heterocycles. The lowest BCUT2D eigenvalue weighted by atomic mass is 9.92. The second kappa shape index (κ2) is 12.0. The normalized spacial score (nSPS) is 16.4. The fourth-order valence-corrected chi connectivity index (χ4v) is 4.67. The first kappa shape index (κ1) is 26.4. The summed E-state index contributed by atoms with van der Waals surface area (Å²) in [5.74, 6) is -0.613. The molecule has 0 aromatic carbocycles. The van der Waals surface area contributed by atoms with E-state index in [9.17, 15) is 14.7 Å². The Hall–Kier alpha value is -3.17. The third-order valence-electron chi connectivity index (χ3n) is 6.76. The maximum Gasteiger partial charge on any atom is 0.409 e. The van der Waals surface area contributed by atoms with Crippen molar-refractivity contribution >= 4 is 17.7 Å². The molecule has 0 aliphatic carbocycles. The predicted octanol–water partition coefficient (Wildman–Crippen LogP) is 3.75. The van der Waals surface area contributed by atoms with Crippen LogP contribution in [0.4, 0.5) is 10.5 Å². The zero-order valence-corrected chi connectivity index (χ0v) is 21.5. The van der Waals surface area contributed by atoms with Gasteiger partial charge in [-0.2, -0.15) is 0 Å². The summed E-state index contributed by atoms with van der Waals surface area (Å²) in [4.78, 5) is 32.4. The lowest BCUT2D eigenvalue weighted by Gasteiger charge is -2.22. The van der Waals surface area contributed by atoms with E-state index in [1.807, 2.05) is 19.9 Å². The first-order valence-electron chi connectivity index (χ1n) is 12.5. The molecule has 2 aromatic heterocycles. The van der Waals surface area contributed by atoms with E-state index in [2.05, 4.69) is 28.2 Å². The number of aliphatic carboxylic acids is 1. The number of carbonyl (C=O) groups is 2. The van der Waals surface area contributed by atoms with Gasteiger partial charge in [-0.1, -0.05) is 26.0 Å². The van der Waals surface area contributed by atoms with Crippen LogP contribution < -0.4 is 4.90 Å². The third kappa shape index (κ3) is 6.29. The van der Waals surface area contributed by atoms with E-state index < -0.39 is 5.97 Å². The average molecular weight is 487 g/mol. The molecule has 0 spiro atoms. The molecular weight excluding hydrogens is 448 g/mol. The Morgan fingerprint density at radius 3 is 2.71 bits per heavy atom. The second-order valence-corrected chi connectivity index (χ2v) is 9.28. The van der Waals surface area contributed by atoms with Crippen LogP contribution >= 0.6 is 0 Å². The molecule has 1 aliphatic rings. The molecule has 3 rings (SSSR count). The third-order valence-corrected chi connectivity index (χ3v) is 6.76. The highest BCUT2D eigenvalue weighted by molar-refractivity contribution is 5.70. The van der Waals surface area contributed by atoms with Crippen molar-refractivity contribution in [2.45, 2.75) is 59.5 Å². The topological polar surface area (TPSA) is 114 Å². The lowest BCUT2D eigenvalue weighted by Crippen LogP contribution is -2.28. The molecule has 35 heavy (non-hydrogen) atoms. The van der Waals surface area contributed by atoms with Gasteiger partial charge in [-0.05, 0) is 50.2 Å². The minimum Gasteiger partial charge on any atom is -0.481 e. The Labute approximate surface area is 207 Å². The standard InChI is InChI=1S/C25H38N6O4/c1-6-12-29(4)25(34)35-16-22-23(27-28-30(22)5)20-9-10-21(19(8-3)26-20)31-13-11-17(15-31)14-18(7-2)24(32)33/h9-10,17-18H,6-8,11-16H2,1-5H3,(H,32,33)/t17-,18?/m0/s1. The van der Waals surface area contributed by atoms with Gasteiger partial charge in [0.25, 0.3) is 0 Å². The van der Waals surface area contributed by atoms with Gasteiger partial charge in [0, 0.05) is 33.7 Å². The number of aromatic nitrogens is 4. The van der Waals surface area contributed by atoms with E-state index in [0.717, 1.165) is 43.7 Å². The Morgan fingerprint density at radius 1 is 1.29 bits per heavy atom. The Morgan fingerprint density at radius 2 is 2.06 bits per heavy atom. The minimum absolute atomic E-state index is 0.0621. The predicted molar refractivity (Wildman–Crippen MR) is 133 cm³/mol. The van der Waals surface area contributed by atoms with Crippen LogP contribution in [0.2, 0.25) is 0 Å². The molecule has 2 aromatic rings. The summed E-state index contributed by atoms with van der Waals surface area (Å²) in [6, 6.07) is 4.00. The highest BCUT2D eigenvalue weighted by Crippen LogP contribution is 2.32. The fraction of sp³-hybridized carbons (Fsp3) is 0.640. The molecule has 1 aliphatic heterocycles. The number of anilines is 1. The molecule has 10 heteroatoms. The van der Waals surface area contributed by atoms with Crippen LogP contribution in [0.3, 0.4) is 0 Å². The van der Waals surface area contributed by atoms with Gasteiger partial charge in [-0.25, -0.2) is 14.5 Å². The van der Waals surface area contributed by atoms with Crippen LogP contribution in [-0.4, -0.2) is 68.7 Å². The quantitative estimate of drug-likeness (QED) is 0.511. The van der Waals surface area contributed by atoms with Crippen LogP contribution in [0.1, 0.15) is 57.8 Å². The molecule has 1 unspecified atom stereocenters. The van der Waals surface area contributed by atoms with E-state index >= 15 is 0 Å². The highest BCUT2D eigenvalue weighted by atomic mass is 16.6. The summed E-state index contributed by atoms with van der Waals surface area (Å²) in [5, 5.41) is 17.8. The Kier molecular flexibility index (Phi) is 9.06. The molecule has 1 amide bonds. The van der Waals surface area contributed by atoms with Gasteiger partial charge in [0.05, 0.1) is 23.0 Å². The molecule has 0 radical (unpaired) electrons. The number of hydrogen-bond donors (Lipinski definition) is 1. The summed E-state index contributed by atoms with van der Waals surface area (Å²) >= 11 is 0. The number of carbonyl (C=O) groups excluding carboxylic acids is 1. The Bertz CT molecular complexity index is 1020. The molecule has 192 valence electrons. The van der Waals surface area contributed by atoms with Crippen LogP contribution in [0.5, 0.6) is 0 Å². The molecule has 2 atom stereocenters. The van der Waals surface area contributed by atoms with Crippen molar-refractivity contribution in [2.24, 2.45) is 18.9 Å². The zero-order valence-electron chi connectivity index (χ0n) is 21.5. The SMILES string of the molecule is CCCN(C)C(=O)OCc1c(-c2ccc(N3CC[C@@H](CC(CC)C(=O)O)C3)c(CC)n2)nnn1C. The number of ether oxygens (including phenoxy) is 1. The average Bonchev–Trinajstić information content (AvgIpc) is 3.46. The van der Waals surface area contributed by atoms with Crippen LogP contribution in [0.15, 0.2) is 12.1 Å². The van der Waals surface area contributed by atoms with E-state index in [4.69, 9.17) is 9.72 Å². The molecule has 1 N–H and O–H groups in total. The number of carboxylic acids is 1. The van der Waals surface area contributed by atoms with Gasteiger partial charge < -0.3 is 19.6 Å². The summed E-state index contributed by atoms with van der Waals surface area (Å²) in [6.07, 6.45) is 3.59. The van der Waals surface area contributed by atoms with Crippen LogP contribution in [-0.2, 0) is 29.6 Å². The van der Waals surface area contributed by atoms with Gasteiger partial charge in [0.2, 0.25) is 0 Å². The number of rotatable bonds is 11. The summed E-state index contributed by atoms with van der Waals surface area (Å²) < 4.78 is 7.10. The number of amides is 1. The maximum absolute atomic E-state index is 12.2. The number of carboxylic acid groups (broad SMARTS) is 1. The van der Waals surface area contributed by atoms with E-state index in [0.29, 0.717) is 42.4 Å². The number of aryl methyl sites for hydroxylation is 2. The highest BCUT2D eigenvalue weighted by Gasteiger charge is 2.29. The minimum atomic E-state index is -0.700. The van der Waals surface area contributed by atoms with Crippen molar-refractivity contribution in [2.75, 3.05) is 31.6 Å². The molecule has 10 nitrogen and oxygen atoms in total. The van der Waals surface area contributed by atoms with Crippen molar-refractivity contribution in [3.63, 3.8) is 0 Å². The van der Waals surface area contributed by atoms with Crippen molar-refractivity contribution in [3.05, 3.63) is 23.5 Å². The van der Waals surface area contributed by atoms with Crippen molar-refractivity contribution < 1.29 is 19.4 Å². The van der Waals surface area contributed by atoms with E-state index in [1.165, 1.54) is 0 Å². The number of nitrogens with zero attached hydrogens (tertiary/aromatic N) is 6. The first-order chi connectivity index (χ1) is 16.8. The van der Waals surface area contributed by atoms with Gasteiger partial charge in [0.15, 0.2) is 0 Å². The molecule has 0 saturated carbocycles.